The van der Waals surface area contributed by atoms with Gasteiger partial charge < -0.3 is 15.0 Å². The van der Waals surface area contributed by atoms with Crippen LogP contribution in [-0.2, 0) is 0 Å². The molecule has 0 saturated carbocycles. The second-order valence-corrected chi connectivity index (χ2v) is 7.42. The molecule has 124 valence electrons. The van der Waals surface area contributed by atoms with E-state index in [0.29, 0.717) is 16.0 Å². The summed E-state index contributed by atoms with van der Waals surface area (Å²) in [5.41, 5.74) is 0. The van der Waals surface area contributed by atoms with E-state index in [1.165, 1.54) is 24.2 Å². The van der Waals surface area contributed by atoms with Gasteiger partial charge in [-0.25, -0.2) is 4.79 Å². The first kappa shape index (κ1) is 16.8. The maximum atomic E-state index is 12.1. The Kier molecular flexibility index (Phi) is 5.01. The van der Waals surface area contributed by atoms with Gasteiger partial charge in [0.2, 0.25) is 0 Å². The highest BCUT2D eigenvalue weighted by Crippen LogP contribution is 2.36. The molecule has 1 aromatic heterocycles. The van der Waals surface area contributed by atoms with E-state index in [1.54, 1.807) is 0 Å². The van der Waals surface area contributed by atoms with Crippen LogP contribution in [0.3, 0.4) is 0 Å². The normalized spacial score (nSPS) is 25.9. The molecule has 0 radical (unpaired) electrons. The van der Waals surface area contributed by atoms with E-state index in [9.17, 15) is 4.79 Å². The van der Waals surface area contributed by atoms with Gasteiger partial charge in [0.25, 0.3) is 0 Å². The lowest BCUT2D eigenvalue weighted by atomic mass is 9.84. The van der Waals surface area contributed by atoms with Crippen molar-refractivity contribution in [3.05, 3.63) is 29.3 Å². The van der Waals surface area contributed by atoms with Gasteiger partial charge in [-0.3, -0.25) is 0 Å². The van der Waals surface area contributed by atoms with Gasteiger partial charge in [-0.1, -0.05) is 35.1 Å². The monoisotopic (exact) mass is 372 g/mol. The highest BCUT2D eigenvalue weighted by molar-refractivity contribution is 7.21. The van der Waals surface area contributed by atoms with Gasteiger partial charge in [0.1, 0.15) is 0 Å². The van der Waals surface area contributed by atoms with Crippen molar-refractivity contribution < 1.29 is 9.53 Å². The van der Waals surface area contributed by atoms with Gasteiger partial charge in [0.15, 0.2) is 5.06 Å². The number of hydrogen-bond donors (Lipinski definition) is 1. The molecule has 0 spiro atoms. The van der Waals surface area contributed by atoms with E-state index in [0.717, 1.165) is 29.7 Å². The highest BCUT2D eigenvalue weighted by atomic mass is 35.5. The van der Waals surface area contributed by atoms with Gasteiger partial charge in [-0.15, -0.1) is 12.4 Å². The van der Waals surface area contributed by atoms with Crippen molar-refractivity contribution in [1.82, 2.24) is 10.2 Å². The molecule has 1 atom stereocenters. The summed E-state index contributed by atoms with van der Waals surface area (Å²) in [4.78, 5) is 14.5. The lowest BCUT2D eigenvalue weighted by molar-refractivity contribution is 0.0726. The average molecular weight is 373 g/mol. The first-order chi connectivity index (χ1) is 10.7. The second kappa shape index (κ2) is 6.85. The zero-order valence-electron chi connectivity index (χ0n) is 12.5. The molecule has 1 N–H and O–H groups in total. The standard InChI is InChI=1S/C16H17ClN2O2S.ClH/c17-12-3-1-2-11-8-14(22-15(11)12)21-16(20)18-13-9-19-6-4-10(13)5-7-19;/h1-3,8,10,13H,4-7,9H2,(H,18,20);1H/t13-;/m0./s1. The molecule has 3 aliphatic heterocycles. The van der Waals surface area contributed by atoms with E-state index >= 15 is 0 Å². The maximum Gasteiger partial charge on any atom is 0.413 e. The lowest BCUT2D eigenvalue weighted by Gasteiger charge is -2.44. The van der Waals surface area contributed by atoms with E-state index in [2.05, 4.69) is 10.2 Å². The van der Waals surface area contributed by atoms with Gasteiger partial charge >= 0.3 is 6.09 Å². The number of thiophene rings is 1. The number of hydrogen-bond acceptors (Lipinski definition) is 4. The Bertz CT molecular complexity index is 713. The number of rotatable bonds is 2. The second-order valence-electron chi connectivity index (χ2n) is 6.00. The number of ether oxygens (including phenoxy) is 1. The third kappa shape index (κ3) is 3.43. The Hall–Kier alpha value is -1.01. The SMILES string of the molecule is Cl.O=C(N[C@H]1CN2CCC1CC2)Oc1cc2cccc(Cl)c2s1. The van der Waals surface area contributed by atoms with Crippen LogP contribution in [0, 0.1) is 5.92 Å². The zero-order valence-corrected chi connectivity index (χ0v) is 14.8. The van der Waals surface area contributed by atoms with Crippen LogP contribution in [0.2, 0.25) is 5.02 Å². The minimum atomic E-state index is -0.360. The molecule has 4 nitrogen and oxygen atoms in total. The topological polar surface area (TPSA) is 41.6 Å². The van der Waals surface area contributed by atoms with E-state index in [4.69, 9.17) is 16.3 Å². The number of nitrogens with one attached hydrogen (secondary N) is 1. The smallest absolute Gasteiger partial charge is 0.399 e. The minimum absolute atomic E-state index is 0. The van der Waals surface area contributed by atoms with Crippen molar-refractivity contribution in [3.63, 3.8) is 0 Å². The summed E-state index contributed by atoms with van der Waals surface area (Å²) >= 11 is 7.56. The molecule has 3 aliphatic rings. The fourth-order valence-electron chi connectivity index (χ4n) is 3.45. The summed E-state index contributed by atoms with van der Waals surface area (Å²) in [7, 11) is 0. The molecule has 0 unspecified atom stereocenters. The van der Waals surface area contributed by atoms with Crippen LogP contribution in [0.1, 0.15) is 12.8 Å². The van der Waals surface area contributed by atoms with Crippen LogP contribution < -0.4 is 10.1 Å². The number of carbonyl (C=O) groups is 1. The fraction of sp³-hybridized carbons (Fsp3) is 0.438. The molecular weight excluding hydrogens is 355 g/mol. The van der Waals surface area contributed by atoms with Crippen molar-refractivity contribution in [2.24, 2.45) is 5.92 Å². The summed E-state index contributed by atoms with van der Waals surface area (Å²) in [6.07, 6.45) is 1.98. The molecule has 1 amide bonds. The number of nitrogens with zero attached hydrogens (tertiary/aromatic N) is 1. The van der Waals surface area contributed by atoms with Gasteiger partial charge in [0, 0.05) is 18.7 Å². The number of benzene rings is 1. The predicted octanol–water partition coefficient (Wildman–Crippen LogP) is 4.16. The molecule has 2 bridgehead atoms. The maximum absolute atomic E-state index is 12.1. The van der Waals surface area contributed by atoms with Crippen molar-refractivity contribution >= 4 is 51.5 Å². The Labute approximate surface area is 150 Å². The van der Waals surface area contributed by atoms with Gasteiger partial charge in [0.05, 0.1) is 9.72 Å². The van der Waals surface area contributed by atoms with Crippen LogP contribution in [-0.4, -0.2) is 36.7 Å². The van der Waals surface area contributed by atoms with E-state index in [-0.39, 0.29) is 24.5 Å². The number of piperidine rings is 3. The summed E-state index contributed by atoms with van der Waals surface area (Å²) in [5.74, 6) is 0.592. The quantitative estimate of drug-likeness (QED) is 0.860. The number of halogens is 2. The van der Waals surface area contributed by atoms with Crippen molar-refractivity contribution in [2.75, 3.05) is 19.6 Å². The molecule has 7 heteroatoms. The average Bonchev–Trinajstić information content (AvgIpc) is 2.92. The number of fused-ring (bicyclic) bond motifs is 4. The molecule has 3 saturated heterocycles. The molecule has 23 heavy (non-hydrogen) atoms. The fourth-order valence-corrected chi connectivity index (χ4v) is 4.67. The molecule has 1 aromatic carbocycles. The first-order valence-electron chi connectivity index (χ1n) is 7.58. The van der Waals surface area contributed by atoms with Gasteiger partial charge in [-0.2, -0.15) is 0 Å². The van der Waals surface area contributed by atoms with Crippen LogP contribution in [0.5, 0.6) is 5.06 Å². The Morgan fingerprint density at radius 3 is 2.78 bits per heavy atom. The summed E-state index contributed by atoms with van der Waals surface area (Å²) in [6.45, 7) is 3.26. The van der Waals surface area contributed by atoms with Crippen LogP contribution in [0.4, 0.5) is 4.79 Å². The Morgan fingerprint density at radius 2 is 2.13 bits per heavy atom. The van der Waals surface area contributed by atoms with E-state index < -0.39 is 0 Å². The summed E-state index contributed by atoms with van der Waals surface area (Å²) in [6, 6.07) is 7.79. The van der Waals surface area contributed by atoms with Crippen molar-refractivity contribution in [2.45, 2.75) is 18.9 Å². The predicted molar refractivity (Wildman–Crippen MR) is 96.2 cm³/mol. The molecular formula is C16H18Cl2N2O2S. The summed E-state index contributed by atoms with van der Waals surface area (Å²) < 4.78 is 6.41. The molecule has 3 fully saturated rings. The number of amides is 1. The zero-order chi connectivity index (χ0) is 15.1. The highest BCUT2D eigenvalue weighted by Gasteiger charge is 2.35. The number of carbonyl (C=O) groups excluding carboxylic acids is 1. The molecule has 4 heterocycles. The third-order valence-electron chi connectivity index (χ3n) is 4.63. The molecule has 5 rings (SSSR count). The third-order valence-corrected chi connectivity index (χ3v) is 6.12. The largest absolute Gasteiger partial charge is 0.413 e. The molecule has 0 aliphatic carbocycles. The van der Waals surface area contributed by atoms with Crippen molar-refractivity contribution in [1.29, 1.82) is 0 Å². The van der Waals surface area contributed by atoms with Crippen LogP contribution in [0.25, 0.3) is 10.1 Å². The van der Waals surface area contributed by atoms with E-state index in [1.807, 2.05) is 24.3 Å². The van der Waals surface area contributed by atoms with Crippen molar-refractivity contribution in [3.8, 4) is 5.06 Å². The van der Waals surface area contributed by atoms with Crippen LogP contribution in [0.15, 0.2) is 24.3 Å². The lowest BCUT2D eigenvalue weighted by Crippen LogP contribution is -2.57. The molecule has 2 aromatic rings. The summed E-state index contributed by atoms with van der Waals surface area (Å²) in [5, 5.41) is 5.31. The Balaban J connectivity index is 0.00000156. The van der Waals surface area contributed by atoms with Crippen LogP contribution >= 0.6 is 35.3 Å². The van der Waals surface area contributed by atoms with Gasteiger partial charge in [-0.05, 0) is 43.3 Å². The minimum Gasteiger partial charge on any atom is -0.399 e. The Morgan fingerprint density at radius 1 is 1.35 bits per heavy atom. The first-order valence-corrected chi connectivity index (χ1v) is 8.77.